The fourth-order valence-electron chi connectivity index (χ4n) is 2.55. The first-order valence-electron chi connectivity index (χ1n) is 7.07. The predicted molar refractivity (Wildman–Crippen MR) is 87.6 cm³/mol. The SMILES string of the molecule is COc1cc(C)c(S(=O)(=O)NC(C)c2ccccc2)c(C)c1. The average Bonchev–Trinajstić information content (AvgIpc) is 2.46. The maximum absolute atomic E-state index is 12.7. The van der Waals surface area contributed by atoms with Crippen LogP contribution in [0.1, 0.15) is 29.7 Å². The number of hydrogen-bond donors (Lipinski definition) is 1. The molecule has 0 saturated carbocycles. The molecule has 118 valence electrons. The lowest BCUT2D eigenvalue weighted by molar-refractivity contribution is 0.413. The lowest BCUT2D eigenvalue weighted by Crippen LogP contribution is -2.28. The van der Waals surface area contributed by atoms with E-state index in [4.69, 9.17) is 4.74 Å². The van der Waals surface area contributed by atoms with Gasteiger partial charge in [0, 0.05) is 6.04 Å². The highest BCUT2D eigenvalue weighted by molar-refractivity contribution is 7.89. The second-order valence-electron chi connectivity index (χ2n) is 5.34. The van der Waals surface area contributed by atoms with E-state index >= 15 is 0 Å². The zero-order valence-electron chi connectivity index (χ0n) is 13.3. The number of sulfonamides is 1. The van der Waals surface area contributed by atoms with Crippen LogP contribution in [-0.2, 0) is 10.0 Å². The summed E-state index contributed by atoms with van der Waals surface area (Å²) in [5, 5.41) is 0. The Labute approximate surface area is 132 Å². The minimum atomic E-state index is -3.60. The summed E-state index contributed by atoms with van der Waals surface area (Å²) in [7, 11) is -2.03. The van der Waals surface area contributed by atoms with Crippen molar-refractivity contribution in [2.24, 2.45) is 0 Å². The van der Waals surface area contributed by atoms with Crippen LogP contribution in [0.5, 0.6) is 5.75 Å². The molecule has 0 radical (unpaired) electrons. The molecule has 0 bridgehead atoms. The van der Waals surface area contributed by atoms with E-state index in [9.17, 15) is 8.42 Å². The minimum Gasteiger partial charge on any atom is -0.497 e. The van der Waals surface area contributed by atoms with E-state index in [2.05, 4.69) is 4.72 Å². The Hall–Kier alpha value is -1.85. The normalized spacial score (nSPS) is 12.9. The van der Waals surface area contributed by atoms with Crippen molar-refractivity contribution >= 4 is 10.0 Å². The van der Waals surface area contributed by atoms with Gasteiger partial charge >= 0.3 is 0 Å². The maximum Gasteiger partial charge on any atom is 0.241 e. The van der Waals surface area contributed by atoms with Gasteiger partial charge in [0.25, 0.3) is 0 Å². The lowest BCUT2D eigenvalue weighted by atomic mass is 10.1. The number of hydrogen-bond acceptors (Lipinski definition) is 3. The molecule has 0 spiro atoms. The first kappa shape index (κ1) is 16.5. The quantitative estimate of drug-likeness (QED) is 0.919. The second-order valence-corrected chi connectivity index (χ2v) is 6.99. The van der Waals surface area contributed by atoms with E-state index in [0.717, 1.165) is 5.56 Å². The van der Waals surface area contributed by atoms with Gasteiger partial charge in [-0.25, -0.2) is 13.1 Å². The minimum absolute atomic E-state index is 0.299. The summed E-state index contributed by atoms with van der Waals surface area (Å²) in [6, 6.07) is 12.7. The van der Waals surface area contributed by atoms with Crippen LogP contribution in [0.25, 0.3) is 0 Å². The van der Waals surface area contributed by atoms with Crippen molar-refractivity contribution in [1.82, 2.24) is 4.72 Å². The maximum atomic E-state index is 12.7. The van der Waals surface area contributed by atoms with Gasteiger partial charge in [0.15, 0.2) is 0 Å². The number of nitrogens with one attached hydrogen (secondary N) is 1. The highest BCUT2D eigenvalue weighted by atomic mass is 32.2. The van der Waals surface area contributed by atoms with Gasteiger partial charge in [0.1, 0.15) is 5.75 Å². The molecule has 4 nitrogen and oxygen atoms in total. The molecule has 22 heavy (non-hydrogen) atoms. The lowest BCUT2D eigenvalue weighted by Gasteiger charge is -2.18. The number of benzene rings is 2. The standard InChI is InChI=1S/C17H21NO3S/c1-12-10-16(21-4)11-13(2)17(12)22(19,20)18-14(3)15-8-6-5-7-9-15/h5-11,14,18H,1-4H3. The van der Waals surface area contributed by atoms with Crippen LogP contribution < -0.4 is 9.46 Å². The molecular weight excluding hydrogens is 298 g/mol. The van der Waals surface area contributed by atoms with Gasteiger partial charge in [-0.1, -0.05) is 30.3 Å². The molecule has 0 aliphatic carbocycles. The average molecular weight is 319 g/mol. The third-order valence-electron chi connectivity index (χ3n) is 3.57. The first-order chi connectivity index (χ1) is 10.3. The van der Waals surface area contributed by atoms with Crippen LogP contribution in [0.15, 0.2) is 47.4 Å². The summed E-state index contributed by atoms with van der Waals surface area (Å²) in [4.78, 5) is 0.316. The van der Waals surface area contributed by atoms with Gasteiger partial charge in [-0.15, -0.1) is 0 Å². The highest BCUT2D eigenvalue weighted by Gasteiger charge is 2.23. The van der Waals surface area contributed by atoms with Crippen molar-refractivity contribution in [2.45, 2.75) is 31.7 Å². The summed E-state index contributed by atoms with van der Waals surface area (Å²) in [5.41, 5.74) is 2.27. The molecule has 1 unspecified atom stereocenters. The summed E-state index contributed by atoms with van der Waals surface area (Å²) < 4.78 is 33.3. The molecule has 0 amide bonds. The Morgan fingerprint density at radius 2 is 1.59 bits per heavy atom. The predicted octanol–water partition coefficient (Wildman–Crippen LogP) is 3.35. The van der Waals surface area contributed by atoms with Crippen molar-refractivity contribution in [3.05, 3.63) is 59.2 Å². The Balaban J connectivity index is 2.35. The highest BCUT2D eigenvalue weighted by Crippen LogP contribution is 2.27. The van der Waals surface area contributed by atoms with Crippen molar-refractivity contribution in [1.29, 1.82) is 0 Å². The zero-order chi connectivity index (χ0) is 16.3. The summed E-state index contributed by atoms with van der Waals surface area (Å²) in [6.45, 7) is 5.38. The number of ether oxygens (including phenoxy) is 1. The summed E-state index contributed by atoms with van der Waals surface area (Å²) in [6.07, 6.45) is 0. The molecule has 0 aliphatic rings. The smallest absolute Gasteiger partial charge is 0.241 e. The number of methoxy groups -OCH3 is 1. The Bertz CT molecular complexity index is 732. The van der Waals surface area contributed by atoms with Crippen LogP contribution in [0, 0.1) is 13.8 Å². The number of aryl methyl sites for hydroxylation is 2. The molecule has 2 aromatic carbocycles. The molecule has 2 aromatic rings. The third kappa shape index (κ3) is 3.48. The van der Waals surface area contributed by atoms with Gasteiger partial charge in [-0.3, -0.25) is 0 Å². The molecule has 1 atom stereocenters. The van der Waals surface area contributed by atoms with Gasteiger partial charge in [0.05, 0.1) is 12.0 Å². The molecule has 0 heterocycles. The zero-order valence-corrected chi connectivity index (χ0v) is 14.1. The third-order valence-corrected chi connectivity index (χ3v) is 5.42. The monoisotopic (exact) mass is 319 g/mol. The fourth-order valence-corrected chi connectivity index (χ4v) is 4.24. The molecule has 2 rings (SSSR count). The molecule has 0 aromatic heterocycles. The topological polar surface area (TPSA) is 55.4 Å². The van der Waals surface area contributed by atoms with Gasteiger partial charge < -0.3 is 4.74 Å². The molecule has 1 N–H and O–H groups in total. The Morgan fingerprint density at radius 3 is 2.09 bits per heavy atom. The van der Waals surface area contributed by atoms with Crippen molar-refractivity contribution in [3.8, 4) is 5.75 Å². The van der Waals surface area contributed by atoms with Gasteiger partial charge in [-0.05, 0) is 49.6 Å². The van der Waals surface area contributed by atoms with E-state index in [0.29, 0.717) is 21.8 Å². The largest absolute Gasteiger partial charge is 0.497 e. The van der Waals surface area contributed by atoms with E-state index in [-0.39, 0.29) is 6.04 Å². The van der Waals surface area contributed by atoms with E-state index < -0.39 is 10.0 Å². The second kappa shape index (κ2) is 6.50. The number of rotatable bonds is 5. The van der Waals surface area contributed by atoms with Crippen LogP contribution in [-0.4, -0.2) is 15.5 Å². The molecule has 5 heteroatoms. The molecular formula is C17H21NO3S. The Morgan fingerprint density at radius 1 is 1.05 bits per heavy atom. The molecule has 0 saturated heterocycles. The van der Waals surface area contributed by atoms with E-state index in [1.807, 2.05) is 37.3 Å². The van der Waals surface area contributed by atoms with Crippen molar-refractivity contribution < 1.29 is 13.2 Å². The Kier molecular flexibility index (Phi) is 4.88. The van der Waals surface area contributed by atoms with Crippen molar-refractivity contribution in [2.75, 3.05) is 7.11 Å². The summed E-state index contributed by atoms with van der Waals surface area (Å²) in [5.74, 6) is 0.657. The van der Waals surface area contributed by atoms with Crippen LogP contribution in [0.2, 0.25) is 0 Å². The van der Waals surface area contributed by atoms with Crippen molar-refractivity contribution in [3.63, 3.8) is 0 Å². The summed E-state index contributed by atoms with van der Waals surface area (Å²) >= 11 is 0. The molecule has 0 aliphatic heterocycles. The van der Waals surface area contributed by atoms with Crippen LogP contribution in [0.3, 0.4) is 0 Å². The van der Waals surface area contributed by atoms with E-state index in [1.54, 1.807) is 33.1 Å². The first-order valence-corrected chi connectivity index (χ1v) is 8.56. The van der Waals surface area contributed by atoms with Crippen LogP contribution >= 0.6 is 0 Å². The molecule has 0 fully saturated rings. The van der Waals surface area contributed by atoms with Crippen LogP contribution in [0.4, 0.5) is 0 Å². The van der Waals surface area contributed by atoms with E-state index in [1.165, 1.54) is 0 Å². The van der Waals surface area contributed by atoms with Gasteiger partial charge in [0.2, 0.25) is 10.0 Å². The van der Waals surface area contributed by atoms with Gasteiger partial charge in [-0.2, -0.15) is 0 Å². The fraction of sp³-hybridized carbons (Fsp3) is 0.294.